The molecule has 3 rings (SSSR count). The number of nitrogens with zero attached hydrogens (tertiary/aromatic N) is 1. The van der Waals surface area contributed by atoms with Gasteiger partial charge in [0.05, 0.1) is 5.69 Å². The van der Waals surface area contributed by atoms with Gasteiger partial charge < -0.3 is 14.0 Å². The summed E-state index contributed by atoms with van der Waals surface area (Å²) >= 11 is 0. The molecule has 6 heteroatoms. The van der Waals surface area contributed by atoms with Gasteiger partial charge in [0.2, 0.25) is 5.88 Å². The van der Waals surface area contributed by atoms with Crippen LogP contribution >= 0.6 is 0 Å². The highest BCUT2D eigenvalue weighted by Gasteiger charge is 2.27. The second-order valence-corrected chi connectivity index (χ2v) is 5.40. The van der Waals surface area contributed by atoms with Gasteiger partial charge in [-0.15, -0.1) is 0 Å². The van der Waals surface area contributed by atoms with Gasteiger partial charge >= 0.3 is 0 Å². The maximum Gasteiger partial charge on any atom is 0.255 e. The number of rotatable bonds is 3. The summed E-state index contributed by atoms with van der Waals surface area (Å²) in [5, 5.41) is 6.92. The Morgan fingerprint density at radius 1 is 1.25 bits per heavy atom. The number of carbonyl (C=O) groups excluding carboxylic acids is 1. The molecule has 2 aliphatic heterocycles. The van der Waals surface area contributed by atoms with Crippen molar-refractivity contribution in [3.05, 3.63) is 11.3 Å². The predicted molar refractivity (Wildman–Crippen MR) is 71.6 cm³/mol. The van der Waals surface area contributed by atoms with Crippen molar-refractivity contribution in [2.75, 3.05) is 25.1 Å². The first-order valence-corrected chi connectivity index (χ1v) is 7.22. The maximum atomic E-state index is 12.0. The molecule has 1 aromatic rings. The molecule has 2 fully saturated rings. The first-order valence-electron chi connectivity index (χ1n) is 7.22. The molecule has 1 N–H and O–H groups in total. The number of hydrogen-bond acceptors (Lipinski definition) is 5. The summed E-state index contributed by atoms with van der Waals surface area (Å²) in [4.78, 5) is 12.0. The van der Waals surface area contributed by atoms with Crippen LogP contribution in [0.3, 0.4) is 0 Å². The maximum absolute atomic E-state index is 12.0. The van der Waals surface area contributed by atoms with Crippen LogP contribution < -0.4 is 5.32 Å². The van der Waals surface area contributed by atoms with Gasteiger partial charge in [-0.3, -0.25) is 10.1 Å². The van der Waals surface area contributed by atoms with Gasteiger partial charge in [-0.2, -0.15) is 0 Å². The lowest BCUT2D eigenvalue weighted by atomic mass is 9.94. The van der Waals surface area contributed by atoms with Crippen LogP contribution in [0, 0.1) is 6.92 Å². The fourth-order valence-electron chi connectivity index (χ4n) is 2.79. The highest BCUT2D eigenvalue weighted by Crippen LogP contribution is 2.32. The summed E-state index contributed by atoms with van der Waals surface area (Å²) < 4.78 is 16.0. The van der Waals surface area contributed by atoms with Crippen LogP contribution in [0.5, 0.6) is 0 Å². The highest BCUT2D eigenvalue weighted by atomic mass is 16.5. The van der Waals surface area contributed by atoms with Gasteiger partial charge in [0.15, 0.2) is 0 Å². The molecular weight excluding hydrogens is 260 g/mol. The molecule has 2 saturated heterocycles. The van der Waals surface area contributed by atoms with Crippen LogP contribution in [0.1, 0.15) is 42.9 Å². The number of carbonyl (C=O) groups is 1. The fraction of sp³-hybridized carbons (Fsp3) is 0.714. The average molecular weight is 280 g/mol. The van der Waals surface area contributed by atoms with E-state index >= 15 is 0 Å². The van der Waals surface area contributed by atoms with Gasteiger partial charge in [0, 0.05) is 31.3 Å². The Balaban J connectivity index is 1.68. The minimum atomic E-state index is -0.356. The Kier molecular flexibility index (Phi) is 4.03. The zero-order chi connectivity index (χ0) is 13.9. The zero-order valence-electron chi connectivity index (χ0n) is 11.7. The van der Waals surface area contributed by atoms with Crippen LogP contribution in [-0.2, 0) is 14.3 Å². The monoisotopic (exact) mass is 280 g/mol. The minimum absolute atomic E-state index is 0.139. The van der Waals surface area contributed by atoms with Crippen molar-refractivity contribution < 1.29 is 18.8 Å². The van der Waals surface area contributed by atoms with E-state index in [1.807, 2.05) is 6.92 Å². The van der Waals surface area contributed by atoms with Crippen LogP contribution in [0.2, 0.25) is 0 Å². The standard InChI is InChI=1S/C14H20N2O4/c1-9-12(10-4-7-18-8-5-10)16-20-14(9)15-13(17)11-3-2-6-19-11/h10-11H,2-8H2,1H3,(H,15,17)/t11-/m0/s1. The summed E-state index contributed by atoms with van der Waals surface area (Å²) in [6.45, 7) is 4.11. The van der Waals surface area contributed by atoms with Crippen molar-refractivity contribution in [1.82, 2.24) is 5.16 Å². The number of hydrogen-bond donors (Lipinski definition) is 1. The summed E-state index contributed by atoms with van der Waals surface area (Å²) in [6, 6.07) is 0. The first kappa shape index (κ1) is 13.6. The minimum Gasteiger partial charge on any atom is -0.381 e. The van der Waals surface area contributed by atoms with E-state index < -0.39 is 0 Å². The van der Waals surface area contributed by atoms with E-state index in [1.54, 1.807) is 0 Å². The Hall–Kier alpha value is -1.40. The molecule has 20 heavy (non-hydrogen) atoms. The summed E-state index contributed by atoms with van der Waals surface area (Å²) in [6.07, 6.45) is 3.25. The Morgan fingerprint density at radius 2 is 2.05 bits per heavy atom. The molecule has 0 radical (unpaired) electrons. The quantitative estimate of drug-likeness (QED) is 0.916. The molecule has 0 unspecified atom stereocenters. The third-order valence-corrected chi connectivity index (χ3v) is 4.03. The van der Waals surface area contributed by atoms with E-state index in [4.69, 9.17) is 14.0 Å². The lowest BCUT2D eigenvalue weighted by Crippen LogP contribution is -2.27. The fourth-order valence-corrected chi connectivity index (χ4v) is 2.79. The second kappa shape index (κ2) is 5.93. The summed E-state index contributed by atoms with van der Waals surface area (Å²) in [7, 11) is 0. The van der Waals surface area contributed by atoms with Gasteiger partial charge in [0.25, 0.3) is 5.91 Å². The largest absolute Gasteiger partial charge is 0.381 e. The highest BCUT2D eigenvalue weighted by molar-refractivity contribution is 5.93. The van der Waals surface area contributed by atoms with Gasteiger partial charge in [-0.1, -0.05) is 5.16 Å². The van der Waals surface area contributed by atoms with Gasteiger partial charge in [-0.25, -0.2) is 0 Å². The van der Waals surface area contributed by atoms with Crippen molar-refractivity contribution in [1.29, 1.82) is 0 Å². The number of aromatic nitrogens is 1. The van der Waals surface area contributed by atoms with Gasteiger partial charge in [-0.05, 0) is 32.6 Å². The van der Waals surface area contributed by atoms with Crippen molar-refractivity contribution in [3.63, 3.8) is 0 Å². The molecule has 6 nitrogen and oxygen atoms in total. The normalized spacial score (nSPS) is 23.9. The van der Waals surface area contributed by atoms with Crippen molar-refractivity contribution in [2.45, 2.75) is 44.6 Å². The Labute approximate surface area is 117 Å². The summed E-state index contributed by atoms with van der Waals surface area (Å²) in [5.74, 6) is 0.674. The lowest BCUT2D eigenvalue weighted by molar-refractivity contribution is -0.124. The molecule has 0 aliphatic carbocycles. The lowest BCUT2D eigenvalue weighted by Gasteiger charge is -2.20. The Bertz CT molecular complexity index is 474. The number of nitrogens with one attached hydrogen (secondary N) is 1. The molecule has 0 bridgehead atoms. The van der Waals surface area contributed by atoms with Crippen molar-refractivity contribution in [2.24, 2.45) is 0 Å². The topological polar surface area (TPSA) is 73.6 Å². The van der Waals surface area contributed by atoms with E-state index in [1.165, 1.54) is 0 Å². The van der Waals surface area contributed by atoms with Crippen LogP contribution in [0.4, 0.5) is 5.88 Å². The zero-order valence-corrected chi connectivity index (χ0v) is 11.7. The molecule has 0 aromatic carbocycles. The second-order valence-electron chi connectivity index (χ2n) is 5.40. The third-order valence-electron chi connectivity index (χ3n) is 4.03. The van der Waals surface area contributed by atoms with Crippen molar-refractivity contribution >= 4 is 11.8 Å². The van der Waals surface area contributed by atoms with E-state index in [0.717, 1.165) is 50.2 Å². The first-order chi connectivity index (χ1) is 9.75. The van der Waals surface area contributed by atoms with E-state index in [-0.39, 0.29) is 12.0 Å². The molecule has 2 aliphatic rings. The average Bonchev–Trinajstić information content (AvgIpc) is 3.11. The van der Waals surface area contributed by atoms with Crippen LogP contribution in [-0.4, -0.2) is 37.0 Å². The van der Waals surface area contributed by atoms with E-state index in [9.17, 15) is 4.79 Å². The molecule has 0 spiro atoms. The van der Waals surface area contributed by atoms with Gasteiger partial charge in [0.1, 0.15) is 6.10 Å². The smallest absolute Gasteiger partial charge is 0.255 e. The van der Waals surface area contributed by atoms with Crippen LogP contribution in [0.15, 0.2) is 4.52 Å². The molecule has 0 saturated carbocycles. The molecular formula is C14H20N2O4. The number of amides is 1. The third kappa shape index (κ3) is 2.71. The predicted octanol–water partition coefficient (Wildman–Crippen LogP) is 1.99. The molecule has 1 atom stereocenters. The van der Waals surface area contributed by atoms with Crippen LogP contribution in [0.25, 0.3) is 0 Å². The molecule has 1 aromatic heterocycles. The van der Waals surface area contributed by atoms with E-state index in [2.05, 4.69) is 10.5 Å². The van der Waals surface area contributed by atoms with Crippen molar-refractivity contribution in [3.8, 4) is 0 Å². The molecule has 1 amide bonds. The number of ether oxygens (including phenoxy) is 2. The summed E-state index contributed by atoms with van der Waals surface area (Å²) in [5.41, 5.74) is 1.86. The number of anilines is 1. The molecule has 3 heterocycles. The Morgan fingerprint density at radius 3 is 2.75 bits per heavy atom. The van der Waals surface area contributed by atoms with E-state index in [0.29, 0.717) is 18.4 Å². The SMILES string of the molecule is Cc1c(C2CCOCC2)noc1NC(=O)[C@@H]1CCCO1. The molecule has 110 valence electrons.